The van der Waals surface area contributed by atoms with E-state index in [4.69, 9.17) is 40.2 Å². The second kappa shape index (κ2) is 2.38. The monoisotopic (exact) mass is 162 g/mol. The summed E-state index contributed by atoms with van der Waals surface area (Å²) in [5, 5.41) is 6.60. The van der Waals surface area contributed by atoms with Gasteiger partial charge in [-0.2, -0.15) is 0 Å². The summed E-state index contributed by atoms with van der Waals surface area (Å²) >= 11 is 15.4. The standard InChI is InChI=1S/CH3Cl3NSi/c2-1(3,4)6-5/h5H,6H2. The van der Waals surface area contributed by atoms with E-state index in [0.29, 0.717) is 0 Å². The molecule has 0 rings (SSSR count). The summed E-state index contributed by atoms with van der Waals surface area (Å²) in [6.45, 7) is 0. The molecule has 0 unspecified atom stereocenters. The molecule has 0 saturated carbocycles. The van der Waals surface area contributed by atoms with Gasteiger partial charge in [0.05, 0.1) is 0 Å². The highest BCUT2D eigenvalue weighted by Gasteiger charge is 2.16. The van der Waals surface area contributed by atoms with Crippen LogP contribution in [0.4, 0.5) is 0 Å². The Morgan fingerprint density at radius 2 is 1.50 bits per heavy atom. The predicted octanol–water partition coefficient (Wildman–Crippen LogP) is 0.681. The highest BCUT2D eigenvalue weighted by Crippen LogP contribution is 2.22. The Morgan fingerprint density at radius 3 is 1.50 bits per heavy atom. The van der Waals surface area contributed by atoms with Crippen LogP contribution in [0.5, 0.6) is 0 Å². The Labute approximate surface area is 53.6 Å². The minimum Gasteiger partial charge on any atom is -0.288 e. The second-order valence-corrected chi connectivity index (χ2v) is 6.07. The van der Waals surface area contributed by atoms with Crippen LogP contribution >= 0.6 is 34.8 Å². The first-order chi connectivity index (χ1) is 2.56. The van der Waals surface area contributed by atoms with Gasteiger partial charge in [0, 0.05) is 0 Å². The maximum atomic E-state index is 6.60. The van der Waals surface area contributed by atoms with Crippen LogP contribution in [0.1, 0.15) is 0 Å². The molecule has 1 N–H and O–H groups in total. The quantitative estimate of drug-likeness (QED) is 0.371. The molecule has 0 amide bonds. The summed E-state index contributed by atoms with van der Waals surface area (Å²) < 4.78 is -1.24. The Hall–Kier alpha value is 1.05. The first-order valence-electron chi connectivity index (χ1n) is 1.27. The molecule has 1 radical (unpaired) electrons. The van der Waals surface area contributed by atoms with Gasteiger partial charge in [-0.25, -0.2) is 0 Å². The highest BCUT2D eigenvalue weighted by molar-refractivity contribution is 6.86. The molecule has 0 spiro atoms. The number of alkyl halides is 3. The molecular weight excluding hydrogens is 160 g/mol. The summed E-state index contributed by atoms with van der Waals surface area (Å²) in [5.41, 5.74) is 0. The van der Waals surface area contributed by atoms with Crippen molar-refractivity contribution in [3.63, 3.8) is 0 Å². The molecule has 0 aromatic carbocycles. The van der Waals surface area contributed by atoms with Gasteiger partial charge in [0.25, 0.3) is 0 Å². The second-order valence-electron chi connectivity index (χ2n) is 0.792. The fraction of sp³-hybridized carbons (Fsp3) is 1.00. The predicted molar refractivity (Wildman–Crippen MR) is 31.9 cm³/mol. The van der Waals surface area contributed by atoms with Crippen molar-refractivity contribution in [1.82, 2.24) is 5.40 Å². The molecule has 0 atom stereocenters. The Kier molecular flexibility index (Phi) is 2.79. The van der Waals surface area contributed by atoms with Crippen LogP contribution in [0.25, 0.3) is 0 Å². The fourth-order valence-corrected chi connectivity index (χ4v) is 0. The van der Waals surface area contributed by atoms with Crippen LogP contribution in [0.3, 0.4) is 0 Å². The van der Waals surface area contributed by atoms with Crippen LogP contribution in [-0.2, 0) is 0 Å². The van der Waals surface area contributed by atoms with Crippen molar-refractivity contribution in [2.24, 2.45) is 0 Å². The van der Waals surface area contributed by atoms with Gasteiger partial charge in [-0.3, -0.25) is 5.40 Å². The van der Waals surface area contributed by atoms with Crippen molar-refractivity contribution < 1.29 is 0 Å². The first kappa shape index (κ1) is 7.05. The molecule has 37 valence electrons. The molecule has 0 aromatic heterocycles. The number of hydrogen-bond donors (Lipinski definition) is 0. The van der Waals surface area contributed by atoms with Gasteiger partial charge < -0.3 is 0 Å². The lowest BCUT2D eigenvalue weighted by Crippen LogP contribution is -2.13. The van der Waals surface area contributed by atoms with E-state index in [1.807, 2.05) is 0 Å². The molecule has 5 heteroatoms. The third-order valence-corrected chi connectivity index (χ3v) is 1.80. The molecule has 0 aliphatic heterocycles. The van der Waals surface area contributed by atoms with Gasteiger partial charge in [0.2, 0.25) is 0 Å². The molecule has 6 heavy (non-hydrogen) atoms. The Bertz CT molecular complexity index is 40.5. The molecule has 0 heterocycles. The molecule has 0 aliphatic carbocycles. The van der Waals surface area contributed by atoms with Crippen molar-refractivity contribution in [3.8, 4) is 0 Å². The minimum absolute atomic E-state index is 1.20. The SMILES string of the molecule is [NH][SiH2]C(Cl)(Cl)Cl. The van der Waals surface area contributed by atoms with Gasteiger partial charge in [-0.1, -0.05) is 34.8 Å². The van der Waals surface area contributed by atoms with Crippen LogP contribution in [0, 0.1) is 0 Å². The average Bonchev–Trinajstić information content (AvgIpc) is 1.35. The van der Waals surface area contributed by atoms with E-state index >= 15 is 0 Å². The number of nitrogens with one attached hydrogen (secondary N) is 1. The minimum atomic E-state index is -1.24. The van der Waals surface area contributed by atoms with E-state index in [1.54, 1.807) is 0 Å². The first-order valence-corrected chi connectivity index (χ1v) is 3.82. The molecule has 0 aromatic rings. The molecule has 1 nitrogen and oxygen atoms in total. The van der Waals surface area contributed by atoms with E-state index in [2.05, 4.69) is 0 Å². The van der Waals surface area contributed by atoms with Gasteiger partial charge in [0.15, 0.2) is 13.1 Å². The van der Waals surface area contributed by atoms with Crippen LogP contribution < -0.4 is 5.40 Å². The number of rotatable bonds is 0. The number of halogens is 3. The van der Waals surface area contributed by atoms with Crippen molar-refractivity contribution in [2.75, 3.05) is 0 Å². The summed E-state index contributed by atoms with van der Waals surface area (Å²) in [5.74, 6) is 0. The van der Waals surface area contributed by atoms with Gasteiger partial charge >= 0.3 is 0 Å². The van der Waals surface area contributed by atoms with Crippen LogP contribution in [-0.4, -0.2) is 13.1 Å². The lowest BCUT2D eigenvalue weighted by molar-refractivity contribution is 1.59. The topological polar surface area (TPSA) is 23.8 Å². The van der Waals surface area contributed by atoms with E-state index in [0.717, 1.165) is 0 Å². The van der Waals surface area contributed by atoms with Crippen LogP contribution in [0.2, 0.25) is 0 Å². The summed E-state index contributed by atoms with van der Waals surface area (Å²) in [6, 6.07) is 0. The van der Waals surface area contributed by atoms with Gasteiger partial charge in [-0.05, 0) is 0 Å². The van der Waals surface area contributed by atoms with E-state index in [1.165, 1.54) is 0 Å². The average molecular weight is 163 g/mol. The molecule has 0 saturated heterocycles. The zero-order valence-electron chi connectivity index (χ0n) is 2.84. The van der Waals surface area contributed by atoms with E-state index in [-0.39, 0.29) is 0 Å². The van der Waals surface area contributed by atoms with Crippen molar-refractivity contribution >= 4 is 44.5 Å². The summed E-state index contributed by atoms with van der Waals surface area (Å²) in [6.07, 6.45) is 0. The highest BCUT2D eigenvalue weighted by atomic mass is 35.6. The summed E-state index contributed by atoms with van der Waals surface area (Å²) in [7, 11) is -1.20. The third kappa shape index (κ3) is 5.05. The normalized spacial score (nSPS) is 14.0. The summed E-state index contributed by atoms with van der Waals surface area (Å²) in [4.78, 5) is 0. The Balaban J connectivity index is 3.17. The van der Waals surface area contributed by atoms with E-state index in [9.17, 15) is 0 Å². The molecular formula is CH3Cl3NSi. The van der Waals surface area contributed by atoms with Crippen LogP contribution in [0.15, 0.2) is 0 Å². The zero-order valence-corrected chi connectivity index (χ0v) is 6.52. The molecule has 0 fully saturated rings. The zero-order chi connectivity index (χ0) is 5.21. The molecule has 0 aliphatic rings. The van der Waals surface area contributed by atoms with Crippen molar-refractivity contribution in [3.05, 3.63) is 0 Å². The fourth-order valence-electron chi connectivity index (χ4n) is 0. The van der Waals surface area contributed by atoms with Gasteiger partial charge in [0.1, 0.15) is 0 Å². The lowest BCUT2D eigenvalue weighted by atomic mass is 11.8. The van der Waals surface area contributed by atoms with Crippen molar-refractivity contribution in [1.29, 1.82) is 0 Å². The maximum absolute atomic E-state index is 6.60. The molecule has 0 bridgehead atoms. The van der Waals surface area contributed by atoms with E-state index < -0.39 is 13.1 Å². The van der Waals surface area contributed by atoms with Crippen molar-refractivity contribution in [2.45, 2.75) is 3.42 Å². The smallest absolute Gasteiger partial charge is 0.186 e. The largest absolute Gasteiger partial charge is 0.288 e. The Morgan fingerprint density at radius 1 is 1.33 bits per heavy atom. The third-order valence-electron chi connectivity index (χ3n) is 0.200. The number of hydrogen-bond acceptors (Lipinski definition) is 0. The maximum Gasteiger partial charge on any atom is 0.186 e. The lowest BCUT2D eigenvalue weighted by Gasteiger charge is -2.00. The van der Waals surface area contributed by atoms with Gasteiger partial charge in [-0.15, -0.1) is 0 Å².